The van der Waals surface area contributed by atoms with E-state index < -0.39 is 0 Å². The first-order valence-corrected chi connectivity index (χ1v) is 10.0. The molecule has 140 valence electrons. The van der Waals surface area contributed by atoms with Gasteiger partial charge in [-0.05, 0) is 69.1 Å². The summed E-state index contributed by atoms with van der Waals surface area (Å²) in [4.78, 5) is 12.2. The number of hydrogen-bond donors (Lipinski definition) is 1. The van der Waals surface area contributed by atoms with Crippen LogP contribution in [0.5, 0.6) is 5.75 Å². The summed E-state index contributed by atoms with van der Waals surface area (Å²) in [6, 6.07) is 12.5. The second-order valence-corrected chi connectivity index (χ2v) is 7.57. The normalized spacial score (nSPS) is 10.8. The molecule has 0 aliphatic carbocycles. The fraction of sp³-hybridized carbons (Fsp3) is 0.409. The second kappa shape index (κ2) is 9.77. The summed E-state index contributed by atoms with van der Waals surface area (Å²) < 4.78 is 6.54. The molecular weight excluding hydrogens is 390 g/mol. The summed E-state index contributed by atoms with van der Waals surface area (Å²) in [5, 5.41) is 2.97. The zero-order valence-corrected chi connectivity index (χ0v) is 17.7. The number of benzene rings is 2. The maximum Gasteiger partial charge on any atom is 0.258 e. The molecule has 0 atom stereocenters. The van der Waals surface area contributed by atoms with Crippen LogP contribution in [0.2, 0.25) is 0 Å². The van der Waals surface area contributed by atoms with E-state index in [-0.39, 0.29) is 12.5 Å². The van der Waals surface area contributed by atoms with Crippen LogP contribution in [0, 0.1) is 0 Å². The van der Waals surface area contributed by atoms with E-state index in [4.69, 9.17) is 4.74 Å². The average Bonchev–Trinajstić information content (AvgIpc) is 2.64. The molecule has 0 fully saturated rings. The van der Waals surface area contributed by atoms with Gasteiger partial charge in [-0.2, -0.15) is 0 Å². The van der Waals surface area contributed by atoms with Gasteiger partial charge in [-0.3, -0.25) is 4.79 Å². The van der Waals surface area contributed by atoms with Crippen molar-refractivity contribution < 1.29 is 9.53 Å². The highest BCUT2D eigenvalue weighted by molar-refractivity contribution is 9.10. The predicted octanol–water partition coefficient (Wildman–Crippen LogP) is 5.39. The molecule has 0 bridgehead atoms. The van der Waals surface area contributed by atoms with Crippen molar-refractivity contribution in [1.82, 2.24) is 5.32 Å². The Morgan fingerprint density at radius 1 is 1.08 bits per heavy atom. The lowest BCUT2D eigenvalue weighted by Crippen LogP contribution is -2.28. The highest BCUT2D eigenvalue weighted by atomic mass is 79.9. The van der Waals surface area contributed by atoms with Crippen molar-refractivity contribution in [3.8, 4) is 5.75 Å². The molecule has 0 heterocycles. The van der Waals surface area contributed by atoms with Crippen molar-refractivity contribution in [1.29, 1.82) is 0 Å². The quantitative estimate of drug-likeness (QED) is 0.624. The van der Waals surface area contributed by atoms with Crippen molar-refractivity contribution >= 4 is 21.8 Å². The monoisotopic (exact) mass is 417 g/mol. The minimum Gasteiger partial charge on any atom is -0.483 e. The van der Waals surface area contributed by atoms with Crippen molar-refractivity contribution in [3.05, 3.63) is 63.1 Å². The van der Waals surface area contributed by atoms with Gasteiger partial charge in [0.1, 0.15) is 5.75 Å². The number of hydrogen-bond acceptors (Lipinski definition) is 2. The Labute approximate surface area is 165 Å². The molecule has 1 amide bonds. The van der Waals surface area contributed by atoms with E-state index in [9.17, 15) is 4.79 Å². The fourth-order valence-corrected chi connectivity index (χ4v) is 3.30. The van der Waals surface area contributed by atoms with Crippen LogP contribution < -0.4 is 10.1 Å². The first-order chi connectivity index (χ1) is 12.4. The van der Waals surface area contributed by atoms with Gasteiger partial charge in [0.05, 0.1) is 4.47 Å². The van der Waals surface area contributed by atoms with E-state index in [1.807, 2.05) is 18.2 Å². The Balaban J connectivity index is 1.92. The summed E-state index contributed by atoms with van der Waals surface area (Å²) >= 11 is 3.52. The maximum absolute atomic E-state index is 12.2. The highest BCUT2D eigenvalue weighted by Gasteiger charge is 2.09. The van der Waals surface area contributed by atoms with Crippen LogP contribution in [0.25, 0.3) is 0 Å². The van der Waals surface area contributed by atoms with Gasteiger partial charge >= 0.3 is 0 Å². The largest absolute Gasteiger partial charge is 0.483 e. The van der Waals surface area contributed by atoms with Crippen molar-refractivity contribution in [3.63, 3.8) is 0 Å². The first kappa shape index (κ1) is 20.5. The Hall–Kier alpha value is -1.81. The lowest BCUT2D eigenvalue weighted by atomic mass is 10.0. The summed E-state index contributed by atoms with van der Waals surface area (Å²) in [7, 11) is 0. The molecule has 2 aromatic rings. The van der Waals surface area contributed by atoms with E-state index in [0.29, 0.717) is 18.2 Å². The number of carbonyl (C=O) groups excluding carboxylic acids is 1. The summed E-state index contributed by atoms with van der Waals surface area (Å²) in [6.45, 7) is 9.11. The standard InChI is InChI=1S/C22H28BrNO2/c1-5-16-7-8-17(6-2)19(11-16)13-24-22(25)14-26-21-10-9-18(15(3)4)12-20(21)23/h7-12,15H,5-6,13-14H2,1-4H3,(H,24,25). The molecule has 0 spiro atoms. The molecule has 3 nitrogen and oxygen atoms in total. The van der Waals surface area contributed by atoms with Crippen LogP contribution in [-0.4, -0.2) is 12.5 Å². The summed E-state index contributed by atoms with van der Waals surface area (Å²) in [6.07, 6.45) is 1.95. The molecule has 2 aromatic carbocycles. The van der Waals surface area contributed by atoms with Gasteiger partial charge in [0, 0.05) is 6.54 Å². The van der Waals surface area contributed by atoms with Crippen molar-refractivity contribution in [2.45, 2.75) is 53.0 Å². The lowest BCUT2D eigenvalue weighted by molar-refractivity contribution is -0.123. The molecule has 0 saturated carbocycles. The van der Waals surface area contributed by atoms with E-state index in [2.05, 4.69) is 67.1 Å². The van der Waals surface area contributed by atoms with Gasteiger partial charge in [-0.25, -0.2) is 0 Å². The van der Waals surface area contributed by atoms with Gasteiger partial charge in [0.25, 0.3) is 5.91 Å². The third-order valence-electron chi connectivity index (χ3n) is 4.52. The van der Waals surface area contributed by atoms with E-state index in [1.165, 1.54) is 22.3 Å². The topological polar surface area (TPSA) is 38.3 Å². The number of halogens is 1. The van der Waals surface area contributed by atoms with E-state index in [0.717, 1.165) is 17.3 Å². The number of ether oxygens (including phenoxy) is 1. The van der Waals surface area contributed by atoms with Gasteiger partial charge in [-0.15, -0.1) is 0 Å². The fourth-order valence-electron chi connectivity index (χ4n) is 2.79. The Kier molecular flexibility index (Phi) is 7.70. The molecule has 2 rings (SSSR count). The lowest BCUT2D eigenvalue weighted by Gasteiger charge is -2.13. The molecule has 0 aliphatic heterocycles. The van der Waals surface area contributed by atoms with Gasteiger partial charge in [-0.1, -0.05) is 52.0 Å². The molecule has 0 aliphatic rings. The number of aryl methyl sites for hydroxylation is 2. The molecule has 4 heteroatoms. The van der Waals surface area contributed by atoms with Gasteiger partial charge in [0.15, 0.2) is 6.61 Å². The van der Waals surface area contributed by atoms with Crippen molar-refractivity contribution in [2.75, 3.05) is 6.61 Å². The predicted molar refractivity (Wildman–Crippen MR) is 111 cm³/mol. The first-order valence-electron chi connectivity index (χ1n) is 9.24. The average molecular weight is 418 g/mol. The van der Waals surface area contributed by atoms with Crippen LogP contribution in [0.4, 0.5) is 0 Å². The molecule has 0 aromatic heterocycles. The third kappa shape index (κ3) is 5.60. The zero-order chi connectivity index (χ0) is 19.1. The van der Waals surface area contributed by atoms with Crippen LogP contribution in [0.3, 0.4) is 0 Å². The van der Waals surface area contributed by atoms with E-state index in [1.54, 1.807) is 0 Å². The number of rotatable bonds is 8. The van der Waals surface area contributed by atoms with Crippen LogP contribution in [-0.2, 0) is 24.2 Å². The second-order valence-electron chi connectivity index (χ2n) is 6.72. The third-order valence-corrected chi connectivity index (χ3v) is 5.14. The highest BCUT2D eigenvalue weighted by Crippen LogP contribution is 2.28. The molecule has 26 heavy (non-hydrogen) atoms. The zero-order valence-electron chi connectivity index (χ0n) is 16.1. The number of amides is 1. The number of carbonyl (C=O) groups is 1. The SMILES string of the molecule is CCc1ccc(CC)c(CNC(=O)COc2ccc(C(C)C)cc2Br)c1. The summed E-state index contributed by atoms with van der Waals surface area (Å²) in [5.74, 6) is 1.02. The number of nitrogens with one attached hydrogen (secondary N) is 1. The van der Waals surface area contributed by atoms with Gasteiger partial charge < -0.3 is 10.1 Å². The molecule has 0 saturated heterocycles. The summed E-state index contributed by atoms with van der Waals surface area (Å²) in [5.41, 5.74) is 4.98. The smallest absolute Gasteiger partial charge is 0.258 e. The Bertz CT molecular complexity index is 756. The molecule has 0 unspecified atom stereocenters. The minimum absolute atomic E-state index is 0.00848. The van der Waals surface area contributed by atoms with E-state index >= 15 is 0 Å². The molecule has 1 N–H and O–H groups in total. The van der Waals surface area contributed by atoms with Gasteiger partial charge in [0.2, 0.25) is 0 Å². The van der Waals surface area contributed by atoms with Crippen LogP contribution in [0.15, 0.2) is 40.9 Å². The molecular formula is C22H28BrNO2. The Morgan fingerprint density at radius 3 is 2.46 bits per heavy atom. The van der Waals surface area contributed by atoms with Crippen LogP contribution in [0.1, 0.15) is 55.9 Å². The Morgan fingerprint density at radius 2 is 1.85 bits per heavy atom. The van der Waals surface area contributed by atoms with Crippen LogP contribution >= 0.6 is 15.9 Å². The maximum atomic E-state index is 12.2. The minimum atomic E-state index is -0.117. The van der Waals surface area contributed by atoms with Crippen molar-refractivity contribution in [2.24, 2.45) is 0 Å². The molecule has 0 radical (unpaired) electrons.